The van der Waals surface area contributed by atoms with E-state index in [1.54, 1.807) is 0 Å². The number of hydrogen-bond donors (Lipinski definition) is 3. The van der Waals surface area contributed by atoms with Gasteiger partial charge in [-0.3, -0.25) is 0 Å². The van der Waals surface area contributed by atoms with Crippen LogP contribution < -0.4 is 10.6 Å². The molecule has 3 N–H and O–H groups in total. The lowest BCUT2D eigenvalue weighted by molar-refractivity contribution is 0.0499. The number of nitrogens with one attached hydrogen (secondary N) is 2. The number of hydrogen-bond acceptors (Lipinski definition) is 3. The topological polar surface area (TPSA) is 64.6 Å². The summed E-state index contributed by atoms with van der Waals surface area (Å²) in [6.45, 7) is 3.38. The van der Waals surface area contributed by atoms with Gasteiger partial charge in [0.2, 0.25) is 0 Å². The summed E-state index contributed by atoms with van der Waals surface area (Å²) in [6.07, 6.45) is 6.12. The standard InChI is InChI=1S/C19H29N3O2/c23-18(20-15-19(24)10-4-5-11-19)21-17(14-22-12-6-7-13-22)16-8-2-1-3-9-16/h1-3,8-9,17,24H,4-7,10-15H2,(H2,20,21,23). The lowest BCUT2D eigenvalue weighted by atomic mass is 10.0. The Hall–Kier alpha value is -1.59. The van der Waals surface area contributed by atoms with Crippen LogP contribution in [0, 0.1) is 0 Å². The van der Waals surface area contributed by atoms with Crippen LogP contribution in [-0.4, -0.2) is 47.8 Å². The molecule has 1 atom stereocenters. The average Bonchev–Trinajstić information content (AvgIpc) is 3.26. The second-order valence-corrected chi connectivity index (χ2v) is 7.23. The molecular formula is C19H29N3O2. The largest absolute Gasteiger partial charge is 0.388 e. The first kappa shape index (κ1) is 17.2. The lowest BCUT2D eigenvalue weighted by Crippen LogP contribution is -2.47. The van der Waals surface area contributed by atoms with E-state index in [2.05, 4.69) is 27.7 Å². The Morgan fingerprint density at radius 3 is 2.46 bits per heavy atom. The molecule has 132 valence electrons. The van der Waals surface area contributed by atoms with Crippen molar-refractivity contribution in [3.05, 3.63) is 35.9 Å². The number of urea groups is 1. The zero-order chi connectivity index (χ0) is 16.8. The van der Waals surface area contributed by atoms with Gasteiger partial charge in [-0.05, 0) is 44.3 Å². The van der Waals surface area contributed by atoms with Crippen molar-refractivity contribution in [2.45, 2.75) is 50.2 Å². The van der Waals surface area contributed by atoms with Crippen molar-refractivity contribution >= 4 is 6.03 Å². The fourth-order valence-electron chi connectivity index (χ4n) is 3.81. The maximum absolute atomic E-state index is 12.3. The minimum absolute atomic E-state index is 0.0254. The third kappa shape index (κ3) is 4.71. The molecule has 1 aliphatic heterocycles. The van der Waals surface area contributed by atoms with Gasteiger partial charge in [-0.2, -0.15) is 0 Å². The third-order valence-corrected chi connectivity index (χ3v) is 5.26. The normalized spacial score (nSPS) is 21.5. The van der Waals surface area contributed by atoms with Crippen LogP contribution in [0.3, 0.4) is 0 Å². The summed E-state index contributed by atoms with van der Waals surface area (Å²) in [4.78, 5) is 14.8. The summed E-state index contributed by atoms with van der Waals surface area (Å²) in [5.74, 6) is 0. The maximum Gasteiger partial charge on any atom is 0.315 e. The van der Waals surface area contributed by atoms with Crippen molar-refractivity contribution in [2.24, 2.45) is 0 Å². The van der Waals surface area contributed by atoms with Gasteiger partial charge < -0.3 is 20.6 Å². The van der Waals surface area contributed by atoms with Crippen molar-refractivity contribution in [2.75, 3.05) is 26.2 Å². The number of nitrogens with zero attached hydrogens (tertiary/aromatic N) is 1. The summed E-state index contributed by atoms with van der Waals surface area (Å²) < 4.78 is 0. The smallest absolute Gasteiger partial charge is 0.315 e. The summed E-state index contributed by atoms with van der Waals surface area (Å²) in [7, 11) is 0. The van der Waals surface area contributed by atoms with Gasteiger partial charge in [0.15, 0.2) is 0 Å². The van der Waals surface area contributed by atoms with Crippen LogP contribution in [0.1, 0.15) is 50.1 Å². The first-order valence-electron chi connectivity index (χ1n) is 9.19. The zero-order valence-corrected chi connectivity index (χ0v) is 14.3. The van der Waals surface area contributed by atoms with E-state index < -0.39 is 5.60 Å². The first-order valence-corrected chi connectivity index (χ1v) is 9.19. The van der Waals surface area contributed by atoms with E-state index in [1.165, 1.54) is 12.8 Å². The number of rotatable bonds is 6. The van der Waals surface area contributed by atoms with Crippen LogP contribution in [0.15, 0.2) is 30.3 Å². The van der Waals surface area contributed by atoms with Crippen molar-refractivity contribution in [1.29, 1.82) is 0 Å². The SMILES string of the molecule is O=C(NCC1(O)CCCC1)NC(CN1CCCC1)c1ccccc1. The molecule has 5 heteroatoms. The van der Waals surface area contributed by atoms with E-state index in [0.29, 0.717) is 6.54 Å². The van der Waals surface area contributed by atoms with Crippen molar-refractivity contribution < 1.29 is 9.90 Å². The van der Waals surface area contributed by atoms with Crippen molar-refractivity contribution in [3.63, 3.8) is 0 Å². The van der Waals surface area contributed by atoms with E-state index in [9.17, 15) is 9.90 Å². The number of carbonyl (C=O) groups is 1. The van der Waals surface area contributed by atoms with Gasteiger partial charge in [-0.25, -0.2) is 4.79 Å². The summed E-state index contributed by atoms with van der Waals surface area (Å²) in [5.41, 5.74) is 0.410. The Bertz CT molecular complexity index is 523. The molecule has 1 saturated heterocycles. The highest BCUT2D eigenvalue weighted by molar-refractivity contribution is 5.74. The Morgan fingerprint density at radius 2 is 1.79 bits per heavy atom. The van der Waals surface area contributed by atoms with Crippen LogP contribution >= 0.6 is 0 Å². The molecule has 1 aromatic rings. The predicted molar refractivity (Wildman–Crippen MR) is 94.8 cm³/mol. The van der Waals surface area contributed by atoms with E-state index in [4.69, 9.17) is 0 Å². The van der Waals surface area contributed by atoms with Gasteiger partial charge in [-0.15, -0.1) is 0 Å². The molecule has 0 spiro atoms. The highest BCUT2D eigenvalue weighted by atomic mass is 16.3. The Labute approximate surface area is 144 Å². The van der Waals surface area contributed by atoms with E-state index >= 15 is 0 Å². The lowest BCUT2D eigenvalue weighted by Gasteiger charge is -2.27. The van der Waals surface area contributed by atoms with Gasteiger partial charge in [-0.1, -0.05) is 43.2 Å². The number of carbonyl (C=O) groups excluding carboxylic acids is 1. The molecule has 1 aromatic carbocycles. The maximum atomic E-state index is 12.3. The molecule has 2 aliphatic rings. The van der Waals surface area contributed by atoms with Gasteiger partial charge in [0.25, 0.3) is 0 Å². The van der Waals surface area contributed by atoms with Crippen LogP contribution in [0.5, 0.6) is 0 Å². The minimum atomic E-state index is -0.714. The third-order valence-electron chi connectivity index (χ3n) is 5.26. The van der Waals surface area contributed by atoms with Gasteiger partial charge in [0, 0.05) is 13.1 Å². The van der Waals surface area contributed by atoms with Crippen LogP contribution in [0.2, 0.25) is 0 Å². The monoisotopic (exact) mass is 331 g/mol. The second-order valence-electron chi connectivity index (χ2n) is 7.23. The Balaban J connectivity index is 1.57. The average molecular weight is 331 g/mol. The molecule has 1 heterocycles. The van der Waals surface area contributed by atoms with E-state index in [-0.39, 0.29) is 12.1 Å². The number of likely N-dealkylation sites (tertiary alicyclic amines) is 1. The number of benzene rings is 1. The molecule has 2 fully saturated rings. The fraction of sp³-hybridized carbons (Fsp3) is 0.632. The Kier molecular flexibility index (Phi) is 5.74. The fourth-order valence-corrected chi connectivity index (χ4v) is 3.81. The van der Waals surface area contributed by atoms with Gasteiger partial charge >= 0.3 is 6.03 Å². The van der Waals surface area contributed by atoms with E-state index in [0.717, 1.165) is 50.9 Å². The van der Waals surface area contributed by atoms with Crippen LogP contribution in [0.4, 0.5) is 4.79 Å². The zero-order valence-electron chi connectivity index (χ0n) is 14.3. The molecule has 1 saturated carbocycles. The molecule has 1 aliphatic carbocycles. The van der Waals surface area contributed by atoms with Crippen molar-refractivity contribution in [1.82, 2.24) is 15.5 Å². The Morgan fingerprint density at radius 1 is 1.12 bits per heavy atom. The molecule has 24 heavy (non-hydrogen) atoms. The van der Waals surface area contributed by atoms with Gasteiger partial charge in [0.1, 0.15) is 0 Å². The molecule has 0 radical (unpaired) electrons. The summed E-state index contributed by atoms with van der Waals surface area (Å²) >= 11 is 0. The predicted octanol–water partition coefficient (Wildman–Crippen LogP) is 2.43. The summed E-state index contributed by atoms with van der Waals surface area (Å²) in [6, 6.07) is 9.91. The van der Waals surface area contributed by atoms with Gasteiger partial charge in [0.05, 0.1) is 11.6 Å². The molecule has 5 nitrogen and oxygen atoms in total. The highest BCUT2D eigenvalue weighted by Gasteiger charge is 2.31. The first-order chi connectivity index (χ1) is 11.6. The van der Waals surface area contributed by atoms with Crippen molar-refractivity contribution in [3.8, 4) is 0 Å². The molecule has 0 bridgehead atoms. The summed E-state index contributed by atoms with van der Waals surface area (Å²) in [5, 5.41) is 16.3. The quantitative estimate of drug-likeness (QED) is 0.750. The number of aliphatic hydroxyl groups is 1. The molecule has 1 unspecified atom stereocenters. The van der Waals surface area contributed by atoms with Crippen LogP contribution in [-0.2, 0) is 0 Å². The molecule has 3 rings (SSSR count). The molecule has 2 amide bonds. The number of amides is 2. The highest BCUT2D eigenvalue weighted by Crippen LogP contribution is 2.28. The molecule has 0 aromatic heterocycles. The van der Waals surface area contributed by atoms with E-state index in [1.807, 2.05) is 18.2 Å². The molecular weight excluding hydrogens is 302 g/mol. The minimum Gasteiger partial charge on any atom is -0.388 e. The second kappa shape index (κ2) is 7.99. The van der Waals surface area contributed by atoms with Crippen LogP contribution in [0.25, 0.3) is 0 Å².